The molecule has 2 amide bonds. The van der Waals surface area contributed by atoms with E-state index >= 15 is 0 Å². The first-order valence-electron chi connectivity index (χ1n) is 7.50. The van der Waals surface area contributed by atoms with Crippen molar-refractivity contribution >= 4 is 11.8 Å². The van der Waals surface area contributed by atoms with Gasteiger partial charge in [0.1, 0.15) is 11.9 Å². The van der Waals surface area contributed by atoms with Crippen molar-refractivity contribution in [3.63, 3.8) is 0 Å². The fourth-order valence-electron chi connectivity index (χ4n) is 2.07. The highest BCUT2D eigenvalue weighted by atomic mass is 19.1. The zero-order chi connectivity index (χ0) is 16.9. The van der Waals surface area contributed by atoms with Crippen LogP contribution in [0.4, 0.5) is 4.39 Å². The van der Waals surface area contributed by atoms with Crippen LogP contribution in [0.25, 0.3) is 0 Å². The van der Waals surface area contributed by atoms with Crippen LogP contribution in [-0.2, 0) is 16.1 Å². The van der Waals surface area contributed by atoms with E-state index in [4.69, 9.17) is 0 Å². The Kier molecular flexibility index (Phi) is 6.09. The first-order chi connectivity index (χ1) is 10.2. The zero-order valence-electron chi connectivity index (χ0n) is 13.9. The summed E-state index contributed by atoms with van der Waals surface area (Å²) in [5.74, 6) is -0.801. The molecule has 1 aromatic carbocycles. The third-order valence-corrected chi connectivity index (χ3v) is 3.27. The van der Waals surface area contributed by atoms with Crippen LogP contribution in [-0.4, -0.2) is 28.3 Å². The van der Waals surface area contributed by atoms with Crippen LogP contribution in [0.5, 0.6) is 0 Å². The minimum absolute atomic E-state index is 0.0814. The molecule has 122 valence electrons. The largest absolute Gasteiger partial charge is 0.350 e. The van der Waals surface area contributed by atoms with Crippen LogP contribution >= 0.6 is 0 Å². The summed E-state index contributed by atoms with van der Waals surface area (Å²) in [6.45, 7) is 9.10. The SMILES string of the molecule is CCC(=O)N(Cc1ccccc1F)C(C)C(=O)NC(C)(C)C. The number of carbonyl (C=O) groups excluding carboxylic acids is 2. The number of hydrogen-bond donors (Lipinski definition) is 1. The molecule has 22 heavy (non-hydrogen) atoms. The van der Waals surface area contributed by atoms with Gasteiger partial charge < -0.3 is 10.2 Å². The van der Waals surface area contributed by atoms with Crippen LogP contribution < -0.4 is 5.32 Å². The highest BCUT2D eigenvalue weighted by molar-refractivity contribution is 5.87. The van der Waals surface area contributed by atoms with Gasteiger partial charge in [-0.25, -0.2) is 4.39 Å². The predicted molar refractivity (Wildman–Crippen MR) is 84.6 cm³/mol. The maximum atomic E-state index is 13.8. The Bertz CT molecular complexity index is 538. The molecule has 0 aliphatic rings. The molecule has 0 radical (unpaired) electrons. The van der Waals surface area contributed by atoms with Crippen LogP contribution in [0.3, 0.4) is 0 Å². The van der Waals surface area contributed by atoms with E-state index in [0.29, 0.717) is 5.56 Å². The van der Waals surface area contributed by atoms with Gasteiger partial charge in [0.25, 0.3) is 0 Å². The summed E-state index contributed by atoms with van der Waals surface area (Å²) in [6.07, 6.45) is 0.265. The molecule has 0 aromatic heterocycles. The quantitative estimate of drug-likeness (QED) is 0.909. The fraction of sp³-hybridized carbons (Fsp3) is 0.529. The lowest BCUT2D eigenvalue weighted by Gasteiger charge is -2.31. The molecule has 0 aliphatic carbocycles. The smallest absolute Gasteiger partial charge is 0.242 e. The van der Waals surface area contributed by atoms with Crippen molar-refractivity contribution in [1.82, 2.24) is 10.2 Å². The number of nitrogens with one attached hydrogen (secondary N) is 1. The maximum absolute atomic E-state index is 13.8. The highest BCUT2D eigenvalue weighted by Crippen LogP contribution is 2.14. The number of carbonyl (C=O) groups is 2. The third-order valence-electron chi connectivity index (χ3n) is 3.27. The molecule has 1 aromatic rings. The van der Waals surface area contributed by atoms with Crippen LogP contribution in [0.2, 0.25) is 0 Å². The van der Waals surface area contributed by atoms with Crippen LogP contribution in [0.1, 0.15) is 46.6 Å². The van der Waals surface area contributed by atoms with Gasteiger partial charge in [-0.15, -0.1) is 0 Å². The molecule has 0 bridgehead atoms. The topological polar surface area (TPSA) is 49.4 Å². The third kappa shape index (κ3) is 5.13. The average molecular weight is 308 g/mol. The normalized spacial score (nSPS) is 12.6. The number of halogens is 1. The molecule has 0 fully saturated rings. The maximum Gasteiger partial charge on any atom is 0.242 e. The Labute approximate surface area is 131 Å². The van der Waals surface area contributed by atoms with Gasteiger partial charge in [0, 0.05) is 24.1 Å². The lowest BCUT2D eigenvalue weighted by molar-refractivity contribution is -0.141. The van der Waals surface area contributed by atoms with E-state index in [-0.39, 0.29) is 36.1 Å². The molecule has 0 spiro atoms. The van der Waals surface area contributed by atoms with Gasteiger partial charge in [0.15, 0.2) is 0 Å². The second kappa shape index (κ2) is 7.38. The Morgan fingerprint density at radius 1 is 1.27 bits per heavy atom. The van der Waals surface area contributed by atoms with Crippen molar-refractivity contribution in [3.05, 3.63) is 35.6 Å². The van der Waals surface area contributed by atoms with Crippen molar-refractivity contribution in [2.45, 2.75) is 59.2 Å². The average Bonchev–Trinajstić information content (AvgIpc) is 2.43. The van der Waals surface area contributed by atoms with E-state index < -0.39 is 6.04 Å². The molecule has 0 aliphatic heterocycles. The van der Waals surface area contributed by atoms with Gasteiger partial charge >= 0.3 is 0 Å². The molecule has 1 rings (SSSR count). The summed E-state index contributed by atoms with van der Waals surface area (Å²) in [6, 6.07) is 5.63. The monoisotopic (exact) mass is 308 g/mol. The van der Waals surface area contributed by atoms with E-state index in [1.807, 2.05) is 20.8 Å². The van der Waals surface area contributed by atoms with Gasteiger partial charge in [-0.1, -0.05) is 25.1 Å². The van der Waals surface area contributed by atoms with Crippen molar-refractivity contribution in [2.24, 2.45) is 0 Å². The lowest BCUT2D eigenvalue weighted by Crippen LogP contribution is -2.52. The van der Waals surface area contributed by atoms with Gasteiger partial charge in [-0.3, -0.25) is 9.59 Å². The van der Waals surface area contributed by atoms with E-state index in [2.05, 4.69) is 5.32 Å². The number of hydrogen-bond acceptors (Lipinski definition) is 2. The van der Waals surface area contributed by atoms with Crippen molar-refractivity contribution in [3.8, 4) is 0 Å². The van der Waals surface area contributed by atoms with Crippen LogP contribution in [0.15, 0.2) is 24.3 Å². The van der Waals surface area contributed by atoms with E-state index in [1.54, 1.807) is 32.0 Å². The van der Waals surface area contributed by atoms with Gasteiger partial charge in [0.05, 0.1) is 0 Å². The van der Waals surface area contributed by atoms with Crippen molar-refractivity contribution < 1.29 is 14.0 Å². The Balaban J connectivity index is 2.96. The molecule has 1 unspecified atom stereocenters. The number of nitrogens with zero attached hydrogens (tertiary/aromatic N) is 1. The minimum atomic E-state index is -0.661. The molecular formula is C17H25FN2O2. The molecule has 1 atom stereocenters. The lowest BCUT2D eigenvalue weighted by atomic mass is 10.1. The highest BCUT2D eigenvalue weighted by Gasteiger charge is 2.27. The van der Waals surface area contributed by atoms with Crippen LogP contribution in [0, 0.1) is 5.82 Å². The molecular weight excluding hydrogens is 283 g/mol. The van der Waals surface area contributed by atoms with Gasteiger partial charge in [0.2, 0.25) is 11.8 Å². The Morgan fingerprint density at radius 3 is 2.36 bits per heavy atom. The first-order valence-corrected chi connectivity index (χ1v) is 7.50. The number of amides is 2. The Hall–Kier alpha value is -1.91. The second-order valence-electron chi connectivity index (χ2n) is 6.38. The second-order valence-corrected chi connectivity index (χ2v) is 6.38. The van der Waals surface area contributed by atoms with Gasteiger partial charge in [-0.2, -0.15) is 0 Å². The molecule has 0 heterocycles. The minimum Gasteiger partial charge on any atom is -0.350 e. The van der Waals surface area contributed by atoms with Crippen molar-refractivity contribution in [1.29, 1.82) is 0 Å². The summed E-state index contributed by atoms with van der Waals surface area (Å²) in [5, 5.41) is 2.85. The van der Waals surface area contributed by atoms with Gasteiger partial charge in [-0.05, 0) is 33.8 Å². The zero-order valence-corrected chi connectivity index (χ0v) is 13.9. The predicted octanol–water partition coefficient (Wildman–Crippen LogP) is 2.87. The number of benzene rings is 1. The standard InChI is InChI=1S/C17H25FN2O2/c1-6-15(21)20(11-13-9-7-8-10-14(13)18)12(2)16(22)19-17(3,4)5/h7-10,12H,6,11H2,1-5H3,(H,19,22). The van der Waals surface area contributed by atoms with Crippen molar-refractivity contribution in [2.75, 3.05) is 0 Å². The molecule has 5 heteroatoms. The molecule has 0 saturated heterocycles. The first kappa shape index (κ1) is 18.1. The summed E-state index contributed by atoms with van der Waals surface area (Å²) >= 11 is 0. The number of rotatable bonds is 5. The molecule has 4 nitrogen and oxygen atoms in total. The molecule has 0 saturated carbocycles. The molecule has 1 N–H and O–H groups in total. The van der Waals surface area contributed by atoms with E-state index in [0.717, 1.165) is 0 Å². The fourth-order valence-corrected chi connectivity index (χ4v) is 2.07. The summed E-state index contributed by atoms with van der Waals surface area (Å²) < 4.78 is 13.8. The summed E-state index contributed by atoms with van der Waals surface area (Å²) in [4.78, 5) is 25.9. The van der Waals surface area contributed by atoms with E-state index in [1.165, 1.54) is 11.0 Å². The summed E-state index contributed by atoms with van der Waals surface area (Å²) in [7, 11) is 0. The summed E-state index contributed by atoms with van der Waals surface area (Å²) in [5.41, 5.74) is 0.0179. The Morgan fingerprint density at radius 2 is 1.86 bits per heavy atom. The van der Waals surface area contributed by atoms with E-state index in [9.17, 15) is 14.0 Å².